The summed E-state index contributed by atoms with van der Waals surface area (Å²) in [5.41, 5.74) is 6.04. The van der Waals surface area contributed by atoms with Gasteiger partial charge in [0.2, 0.25) is 0 Å². The number of anilines is 2. The molecule has 7 aliphatic rings. The number of Topliss-reactive ketones (excluding diaryl/α,β-unsaturated/α-hetero) is 1. The summed E-state index contributed by atoms with van der Waals surface area (Å²) in [6, 6.07) is 12.9. The van der Waals surface area contributed by atoms with E-state index in [1.165, 1.54) is 57.1 Å². The van der Waals surface area contributed by atoms with Crippen molar-refractivity contribution in [3.8, 4) is 11.5 Å². The highest BCUT2D eigenvalue weighted by Crippen LogP contribution is 2.75. The minimum atomic E-state index is -4.28. The molecule has 11 rings (SSSR count). The van der Waals surface area contributed by atoms with Crippen molar-refractivity contribution in [3.63, 3.8) is 0 Å². The molecule has 12 nitrogen and oxygen atoms in total. The van der Waals surface area contributed by atoms with Crippen molar-refractivity contribution in [1.29, 1.82) is 0 Å². The number of carbonyl (C=O) groups is 1. The van der Waals surface area contributed by atoms with E-state index in [1.54, 1.807) is 29.6 Å². The molecule has 2 aromatic heterocycles. The van der Waals surface area contributed by atoms with Gasteiger partial charge in [-0.3, -0.25) is 19.8 Å². The normalized spacial score (nSPS) is 25.6. The van der Waals surface area contributed by atoms with Crippen LogP contribution in [0.25, 0.3) is 11.0 Å². The Labute approximate surface area is 375 Å². The van der Waals surface area contributed by atoms with Gasteiger partial charge in [0.25, 0.3) is 5.69 Å². The highest BCUT2D eigenvalue weighted by atomic mass is 35.5. The number of ether oxygens (including phenoxy) is 1. The zero-order valence-corrected chi connectivity index (χ0v) is 38.1. The number of hydrogen-bond acceptors (Lipinski definition) is 10. The molecule has 3 heterocycles. The number of hydrogen-bond donors (Lipinski definition) is 2. The monoisotopic (exact) mass is 894 g/mol. The highest BCUT2D eigenvalue weighted by Gasteiger charge is 2.69. The molecule has 6 aliphatic carbocycles. The van der Waals surface area contributed by atoms with Crippen LogP contribution in [0.2, 0.25) is 0 Å². The molecule has 1 aliphatic heterocycles. The number of pyridine rings is 1. The van der Waals surface area contributed by atoms with E-state index < -0.39 is 26.3 Å². The van der Waals surface area contributed by atoms with Gasteiger partial charge < -0.3 is 19.9 Å². The fourth-order valence-corrected chi connectivity index (χ4v) is 14.2. The second kappa shape index (κ2) is 15.9. The molecule has 2 N–H and O–H groups in total. The van der Waals surface area contributed by atoms with Crippen LogP contribution in [0.1, 0.15) is 108 Å². The number of halogens is 1. The molecule has 5 saturated carbocycles. The Balaban J connectivity index is 0.842. The predicted molar refractivity (Wildman–Crippen MR) is 247 cm³/mol. The lowest BCUT2D eigenvalue weighted by Crippen LogP contribution is -2.65. The van der Waals surface area contributed by atoms with Gasteiger partial charge in [-0.25, -0.2) is 13.4 Å². The number of fused-ring (bicyclic) bond motifs is 1. The number of nitrogens with one attached hydrogen (secondary N) is 2. The second-order valence-corrected chi connectivity index (χ2v) is 23.6. The maximum Gasteiger partial charge on any atom is 0.293 e. The minimum Gasteiger partial charge on any atom is -0.455 e. The Morgan fingerprint density at radius 1 is 1.00 bits per heavy atom. The summed E-state index contributed by atoms with van der Waals surface area (Å²) in [5.74, 6) is -0.499. The van der Waals surface area contributed by atoms with Gasteiger partial charge in [-0.1, -0.05) is 44.3 Å². The average Bonchev–Trinajstić information content (AvgIpc) is 3.70. The molecule has 0 atom stereocenters. The van der Waals surface area contributed by atoms with Crippen molar-refractivity contribution in [2.24, 2.45) is 22.2 Å². The summed E-state index contributed by atoms with van der Waals surface area (Å²) in [6.07, 6.45) is 18.9. The minimum absolute atomic E-state index is 0.0494. The number of carbonyl (C=O) groups excluding carboxylic acids is 1. The van der Waals surface area contributed by atoms with Gasteiger partial charge in [-0.05, 0) is 123 Å². The Morgan fingerprint density at radius 3 is 2.49 bits per heavy atom. The smallest absolute Gasteiger partial charge is 0.293 e. The van der Waals surface area contributed by atoms with E-state index in [2.05, 4.69) is 38.9 Å². The Morgan fingerprint density at radius 2 is 1.76 bits per heavy atom. The summed E-state index contributed by atoms with van der Waals surface area (Å²) in [4.78, 5) is 37.9. The van der Waals surface area contributed by atoms with Crippen molar-refractivity contribution in [2.45, 2.75) is 107 Å². The summed E-state index contributed by atoms with van der Waals surface area (Å²) >= 11 is 6.76. The maximum absolute atomic E-state index is 14.1. The standard InChI is InChI=1S/C49H59ClN6O6S/c1-46(2)14-10-35(40(25-46)48-30-49(50,31-48)32-48)28-54-16-18-55(19-17-54)36-6-8-39(44(21-36)62-37-20-34-11-15-51-45(34)53-27-37)43(57)29-63(60,61)38-7-9-41(42(22-38)56(58)59)52-26-33-23-47(24-33)12-4-3-5-13-47/h6-9,11,15,20-22,27,33,52H,3-5,10,12-14,16-19,23-26,28-32H2,1-2H3,(H,51,53). The first-order valence-electron chi connectivity index (χ1n) is 23.0. The Kier molecular flexibility index (Phi) is 10.7. The number of alkyl halides is 1. The van der Waals surface area contributed by atoms with Crippen LogP contribution in [-0.4, -0.2) is 83.9 Å². The average molecular weight is 896 g/mol. The number of aromatic amines is 1. The molecular weight excluding hydrogens is 836 g/mol. The molecular formula is C49H59ClN6O6S. The molecule has 0 unspecified atom stereocenters. The number of nitro benzene ring substituents is 1. The van der Waals surface area contributed by atoms with Crippen molar-refractivity contribution in [3.05, 3.63) is 87.7 Å². The maximum atomic E-state index is 14.1. The molecule has 2 bridgehead atoms. The van der Waals surface area contributed by atoms with E-state index in [9.17, 15) is 23.3 Å². The number of sulfone groups is 1. The lowest BCUT2D eigenvalue weighted by atomic mass is 9.39. The van der Waals surface area contributed by atoms with Gasteiger partial charge in [0.1, 0.15) is 28.6 Å². The SMILES string of the molecule is CC1(C)CCC(CN2CCN(c3ccc(C(=O)CS(=O)(=O)c4ccc(NCC5CC6(CCCCC6)C5)c([N+](=O)[O-])c4)c(Oc4cnc5[nH]ccc5c4)c3)CC2)=C(C23CC(Cl)(C2)C3)C1. The van der Waals surface area contributed by atoms with Gasteiger partial charge in [0, 0.05) is 73.5 Å². The van der Waals surface area contributed by atoms with Crippen LogP contribution in [-0.2, 0) is 9.84 Å². The quantitative estimate of drug-likeness (QED) is 0.0412. The molecule has 0 radical (unpaired) electrons. The number of benzene rings is 2. The fraction of sp³-hybridized carbons (Fsp3) is 0.551. The van der Waals surface area contributed by atoms with E-state index in [0.29, 0.717) is 40.1 Å². The molecule has 6 fully saturated rings. The lowest BCUT2D eigenvalue weighted by Gasteiger charge is -2.70. The largest absolute Gasteiger partial charge is 0.455 e. The third-order valence-corrected chi connectivity index (χ3v) is 17.6. The summed E-state index contributed by atoms with van der Waals surface area (Å²) in [5, 5.41) is 16.3. The molecule has 63 heavy (non-hydrogen) atoms. The van der Waals surface area contributed by atoms with Gasteiger partial charge in [0.05, 0.1) is 21.6 Å². The molecule has 0 amide bonds. The van der Waals surface area contributed by atoms with Crippen LogP contribution < -0.4 is 15.0 Å². The first-order valence-corrected chi connectivity index (χ1v) is 25.0. The Hall–Kier alpha value is -4.46. The summed E-state index contributed by atoms with van der Waals surface area (Å²) in [7, 11) is -4.28. The lowest BCUT2D eigenvalue weighted by molar-refractivity contribution is -0.384. The van der Waals surface area contributed by atoms with Crippen molar-refractivity contribution >= 4 is 55.3 Å². The van der Waals surface area contributed by atoms with Crippen molar-refractivity contribution in [2.75, 3.05) is 55.2 Å². The second-order valence-electron chi connectivity index (χ2n) is 20.9. The number of H-pyrrole nitrogens is 1. The van der Waals surface area contributed by atoms with E-state index >= 15 is 0 Å². The number of nitrogens with zero attached hydrogens (tertiary/aromatic N) is 4. The van der Waals surface area contributed by atoms with Crippen LogP contribution in [0, 0.1) is 32.3 Å². The number of ketones is 1. The van der Waals surface area contributed by atoms with E-state index in [4.69, 9.17) is 16.3 Å². The van der Waals surface area contributed by atoms with Crippen LogP contribution >= 0.6 is 11.6 Å². The molecule has 1 saturated heterocycles. The first kappa shape index (κ1) is 42.5. The molecule has 1 spiro atoms. The highest BCUT2D eigenvalue weighted by molar-refractivity contribution is 7.92. The fourth-order valence-electron chi connectivity index (χ4n) is 12.2. The number of allylic oxidation sites excluding steroid dienone is 1. The number of nitro groups is 1. The zero-order valence-electron chi connectivity index (χ0n) is 36.5. The molecule has 334 valence electrons. The number of piperazine rings is 1. The topological polar surface area (TPSA) is 151 Å². The van der Waals surface area contributed by atoms with E-state index in [0.717, 1.165) is 88.4 Å². The number of aromatic nitrogens is 2. The summed E-state index contributed by atoms with van der Waals surface area (Å²) < 4.78 is 34.1. The molecule has 2 aromatic carbocycles. The van der Waals surface area contributed by atoms with Gasteiger partial charge >= 0.3 is 0 Å². The van der Waals surface area contributed by atoms with Crippen molar-refractivity contribution in [1.82, 2.24) is 14.9 Å². The van der Waals surface area contributed by atoms with Crippen molar-refractivity contribution < 1.29 is 22.9 Å². The Bertz CT molecular complexity index is 2580. The van der Waals surface area contributed by atoms with Gasteiger partial charge in [0.15, 0.2) is 15.6 Å². The molecule has 14 heteroatoms. The third kappa shape index (κ3) is 8.38. The van der Waals surface area contributed by atoms with Crippen LogP contribution in [0.4, 0.5) is 17.1 Å². The first-order chi connectivity index (χ1) is 30.1. The van der Waals surface area contributed by atoms with E-state index in [1.807, 2.05) is 24.3 Å². The molecule has 4 aromatic rings. The van der Waals surface area contributed by atoms with Gasteiger partial charge in [-0.2, -0.15) is 0 Å². The zero-order chi connectivity index (χ0) is 43.8. The third-order valence-electron chi connectivity index (χ3n) is 15.6. The summed E-state index contributed by atoms with van der Waals surface area (Å²) in [6.45, 7) is 9.74. The van der Waals surface area contributed by atoms with Crippen LogP contribution in [0.3, 0.4) is 0 Å². The number of rotatable bonds is 14. The van der Waals surface area contributed by atoms with Crippen LogP contribution in [0.5, 0.6) is 11.5 Å². The van der Waals surface area contributed by atoms with Crippen LogP contribution in [0.15, 0.2) is 77.0 Å². The van der Waals surface area contributed by atoms with Gasteiger partial charge in [-0.15, -0.1) is 11.6 Å². The predicted octanol–water partition coefficient (Wildman–Crippen LogP) is 10.5. The van der Waals surface area contributed by atoms with E-state index in [-0.39, 0.29) is 32.5 Å².